The molecule has 18 heavy (non-hydrogen) atoms. The predicted octanol–water partition coefficient (Wildman–Crippen LogP) is 3.42. The van der Waals surface area contributed by atoms with Crippen molar-refractivity contribution in [3.63, 3.8) is 0 Å². The van der Waals surface area contributed by atoms with E-state index in [-0.39, 0.29) is 5.82 Å². The summed E-state index contributed by atoms with van der Waals surface area (Å²) in [5, 5.41) is 11.1. The number of fused-ring (bicyclic) bond motifs is 1. The van der Waals surface area contributed by atoms with Gasteiger partial charge in [-0.3, -0.25) is 0 Å². The van der Waals surface area contributed by atoms with Crippen LogP contribution in [0.1, 0.15) is 18.2 Å². The van der Waals surface area contributed by atoms with Gasteiger partial charge in [-0.2, -0.15) is 0 Å². The monoisotopic (exact) mass is 246 g/mol. The van der Waals surface area contributed by atoms with Crippen LogP contribution in [0.25, 0.3) is 11.0 Å². The van der Waals surface area contributed by atoms with E-state index in [0.717, 1.165) is 0 Å². The molecule has 0 aliphatic heterocycles. The van der Waals surface area contributed by atoms with E-state index >= 15 is 0 Å². The summed E-state index contributed by atoms with van der Waals surface area (Å²) in [6.07, 6.45) is 2.93. The number of halogens is 1. The Kier molecular flexibility index (Phi) is 2.28. The fourth-order valence-corrected chi connectivity index (χ4v) is 1.94. The van der Waals surface area contributed by atoms with Crippen LogP contribution in [0.4, 0.5) is 4.39 Å². The lowest BCUT2D eigenvalue weighted by Crippen LogP contribution is -2.20. The van der Waals surface area contributed by atoms with Crippen LogP contribution in [0.3, 0.4) is 0 Å². The summed E-state index contributed by atoms with van der Waals surface area (Å²) in [5.41, 5.74) is -0.181. The third kappa shape index (κ3) is 1.62. The van der Waals surface area contributed by atoms with E-state index in [1.807, 2.05) is 0 Å². The Morgan fingerprint density at radius 2 is 2.06 bits per heavy atom. The van der Waals surface area contributed by atoms with Crippen LogP contribution in [0, 0.1) is 5.82 Å². The Labute approximate surface area is 102 Å². The molecule has 3 rings (SSSR count). The highest BCUT2D eigenvalue weighted by atomic mass is 19.1. The lowest BCUT2D eigenvalue weighted by Gasteiger charge is -2.18. The van der Waals surface area contributed by atoms with Crippen molar-refractivity contribution in [3.05, 3.63) is 60.0 Å². The van der Waals surface area contributed by atoms with Crippen molar-refractivity contribution in [2.45, 2.75) is 12.5 Å². The molecule has 3 nitrogen and oxygen atoms in total. The van der Waals surface area contributed by atoms with Gasteiger partial charge in [-0.25, -0.2) is 4.39 Å². The summed E-state index contributed by atoms with van der Waals surface area (Å²) in [4.78, 5) is 0. The summed E-state index contributed by atoms with van der Waals surface area (Å²) in [7, 11) is 0. The van der Waals surface area contributed by atoms with E-state index in [1.165, 1.54) is 24.7 Å². The lowest BCUT2D eigenvalue weighted by molar-refractivity contribution is 0.0780. The van der Waals surface area contributed by atoms with Crippen molar-refractivity contribution in [2.75, 3.05) is 0 Å². The quantitative estimate of drug-likeness (QED) is 0.753. The van der Waals surface area contributed by atoms with Crippen LogP contribution in [0.5, 0.6) is 0 Å². The zero-order valence-electron chi connectivity index (χ0n) is 9.68. The minimum absolute atomic E-state index is 0.335. The second-order valence-corrected chi connectivity index (χ2v) is 4.38. The molecule has 1 unspecified atom stereocenters. The first kappa shape index (κ1) is 11.0. The molecule has 3 aromatic rings. The standard InChI is InChI=1S/C14H11FO3/c1-14(16,10-4-5-17-8-10)13-7-9-6-11(15)2-3-12(9)18-13/h2-8,16H,1H3. The van der Waals surface area contributed by atoms with Gasteiger partial charge in [0.05, 0.1) is 12.5 Å². The van der Waals surface area contributed by atoms with E-state index in [0.29, 0.717) is 22.3 Å². The second kappa shape index (κ2) is 3.71. The Balaban J connectivity index is 2.14. The van der Waals surface area contributed by atoms with Gasteiger partial charge in [0.15, 0.2) is 0 Å². The molecule has 0 aliphatic rings. The molecule has 0 spiro atoms. The number of rotatable bonds is 2. The zero-order chi connectivity index (χ0) is 12.8. The molecular weight excluding hydrogens is 235 g/mol. The van der Waals surface area contributed by atoms with Crippen LogP contribution in [-0.2, 0) is 5.60 Å². The van der Waals surface area contributed by atoms with Crippen molar-refractivity contribution in [3.8, 4) is 0 Å². The molecule has 0 bridgehead atoms. The molecule has 0 saturated carbocycles. The molecule has 2 heterocycles. The maximum atomic E-state index is 13.1. The second-order valence-electron chi connectivity index (χ2n) is 4.38. The third-order valence-electron chi connectivity index (χ3n) is 3.04. The fraction of sp³-hybridized carbons (Fsp3) is 0.143. The summed E-state index contributed by atoms with van der Waals surface area (Å²) in [5.74, 6) is 0.0160. The Hall–Kier alpha value is -2.07. The van der Waals surface area contributed by atoms with Crippen molar-refractivity contribution in [2.24, 2.45) is 0 Å². The highest BCUT2D eigenvalue weighted by Crippen LogP contribution is 2.33. The number of furan rings is 2. The maximum absolute atomic E-state index is 13.1. The third-order valence-corrected chi connectivity index (χ3v) is 3.04. The normalized spacial score (nSPS) is 14.8. The summed E-state index contributed by atoms with van der Waals surface area (Å²) >= 11 is 0. The molecule has 0 radical (unpaired) electrons. The van der Waals surface area contributed by atoms with E-state index < -0.39 is 5.60 Å². The van der Waals surface area contributed by atoms with Crippen molar-refractivity contribution >= 4 is 11.0 Å². The van der Waals surface area contributed by atoms with Gasteiger partial charge in [-0.1, -0.05) is 0 Å². The van der Waals surface area contributed by atoms with Gasteiger partial charge in [0.2, 0.25) is 0 Å². The molecular formula is C14H11FO3. The molecule has 1 atom stereocenters. The number of hydrogen-bond acceptors (Lipinski definition) is 3. The van der Waals surface area contributed by atoms with Crippen molar-refractivity contribution < 1.29 is 18.3 Å². The minimum Gasteiger partial charge on any atom is -0.472 e. The van der Waals surface area contributed by atoms with Crippen LogP contribution in [-0.4, -0.2) is 5.11 Å². The summed E-state index contributed by atoms with van der Waals surface area (Å²) in [6, 6.07) is 7.52. The summed E-state index contributed by atoms with van der Waals surface area (Å²) < 4.78 is 23.6. The predicted molar refractivity (Wildman–Crippen MR) is 63.6 cm³/mol. The molecule has 1 aromatic carbocycles. The van der Waals surface area contributed by atoms with Crippen LogP contribution in [0.15, 0.2) is 51.7 Å². The van der Waals surface area contributed by atoms with E-state index in [4.69, 9.17) is 8.83 Å². The first-order chi connectivity index (χ1) is 8.57. The van der Waals surface area contributed by atoms with Gasteiger partial charge in [-0.15, -0.1) is 0 Å². The zero-order valence-corrected chi connectivity index (χ0v) is 9.68. The average Bonchev–Trinajstić information content (AvgIpc) is 2.97. The smallest absolute Gasteiger partial charge is 0.147 e. The van der Waals surface area contributed by atoms with Crippen molar-refractivity contribution in [1.29, 1.82) is 0 Å². The van der Waals surface area contributed by atoms with Gasteiger partial charge in [-0.05, 0) is 37.3 Å². The SMILES string of the molecule is CC(O)(c1ccoc1)c1cc2cc(F)ccc2o1. The van der Waals surface area contributed by atoms with Gasteiger partial charge in [0, 0.05) is 10.9 Å². The topological polar surface area (TPSA) is 46.5 Å². The Bertz CT molecular complexity index is 680. The van der Waals surface area contributed by atoms with Gasteiger partial charge >= 0.3 is 0 Å². The first-order valence-electron chi connectivity index (χ1n) is 5.52. The van der Waals surface area contributed by atoms with Gasteiger partial charge in [0.25, 0.3) is 0 Å². The van der Waals surface area contributed by atoms with Gasteiger partial charge < -0.3 is 13.9 Å². The van der Waals surface area contributed by atoms with E-state index in [9.17, 15) is 9.50 Å². The minimum atomic E-state index is -1.30. The van der Waals surface area contributed by atoms with E-state index in [2.05, 4.69) is 0 Å². The molecule has 0 amide bonds. The first-order valence-corrected chi connectivity index (χ1v) is 5.52. The largest absolute Gasteiger partial charge is 0.472 e. The molecule has 2 aromatic heterocycles. The number of aliphatic hydroxyl groups is 1. The molecule has 1 N–H and O–H groups in total. The Morgan fingerprint density at radius 1 is 1.22 bits per heavy atom. The van der Waals surface area contributed by atoms with E-state index in [1.54, 1.807) is 25.1 Å². The van der Waals surface area contributed by atoms with Crippen LogP contribution >= 0.6 is 0 Å². The highest BCUT2D eigenvalue weighted by Gasteiger charge is 2.30. The lowest BCUT2D eigenvalue weighted by atomic mass is 9.96. The number of hydrogen-bond donors (Lipinski definition) is 1. The van der Waals surface area contributed by atoms with Crippen LogP contribution < -0.4 is 0 Å². The Morgan fingerprint density at radius 3 is 2.78 bits per heavy atom. The number of benzene rings is 1. The van der Waals surface area contributed by atoms with Crippen molar-refractivity contribution in [1.82, 2.24) is 0 Å². The molecule has 92 valence electrons. The summed E-state index contributed by atoms with van der Waals surface area (Å²) in [6.45, 7) is 1.60. The molecule has 0 fully saturated rings. The molecule has 0 saturated heterocycles. The average molecular weight is 246 g/mol. The highest BCUT2D eigenvalue weighted by molar-refractivity contribution is 5.78. The molecule has 4 heteroatoms. The maximum Gasteiger partial charge on any atom is 0.147 e. The molecule has 0 aliphatic carbocycles. The van der Waals surface area contributed by atoms with Crippen LogP contribution in [0.2, 0.25) is 0 Å². The fourth-order valence-electron chi connectivity index (χ4n) is 1.94. The van der Waals surface area contributed by atoms with Gasteiger partial charge in [0.1, 0.15) is 22.8 Å².